The van der Waals surface area contributed by atoms with Gasteiger partial charge in [-0.25, -0.2) is 0 Å². The fourth-order valence-electron chi connectivity index (χ4n) is 1.08. The van der Waals surface area contributed by atoms with Crippen molar-refractivity contribution < 1.29 is 4.74 Å². The average Bonchev–Trinajstić information content (AvgIpc) is 2.29. The van der Waals surface area contributed by atoms with E-state index in [1.165, 1.54) is 0 Å². The van der Waals surface area contributed by atoms with Crippen LogP contribution in [0.4, 0.5) is 0 Å². The van der Waals surface area contributed by atoms with Crippen molar-refractivity contribution in [1.82, 2.24) is 10.3 Å². The van der Waals surface area contributed by atoms with Crippen LogP contribution >= 0.6 is 0 Å². The van der Waals surface area contributed by atoms with E-state index in [-0.39, 0.29) is 0 Å². The number of nitrogens with one attached hydrogen (secondary N) is 1. The van der Waals surface area contributed by atoms with E-state index >= 15 is 0 Å². The predicted octanol–water partition coefficient (Wildman–Crippen LogP) is 2.54. The van der Waals surface area contributed by atoms with E-state index in [9.17, 15) is 0 Å². The zero-order valence-electron chi connectivity index (χ0n) is 9.37. The lowest BCUT2D eigenvalue weighted by Gasteiger charge is -2.10. The fourth-order valence-corrected chi connectivity index (χ4v) is 1.08. The summed E-state index contributed by atoms with van der Waals surface area (Å²) in [6.07, 6.45) is 1.76. The second kappa shape index (κ2) is 5.20. The predicted molar refractivity (Wildman–Crippen MR) is 61.8 cm³/mol. The Morgan fingerprint density at radius 2 is 2.13 bits per heavy atom. The van der Waals surface area contributed by atoms with Gasteiger partial charge < -0.3 is 10.1 Å². The molecule has 15 heavy (non-hydrogen) atoms. The molecule has 0 aliphatic carbocycles. The summed E-state index contributed by atoms with van der Waals surface area (Å²) in [7, 11) is 1.77. The highest BCUT2D eigenvalue weighted by Crippen LogP contribution is 2.17. The third kappa shape index (κ3) is 3.13. The van der Waals surface area contributed by atoms with Crippen LogP contribution in [0.15, 0.2) is 42.6 Å². The minimum absolute atomic E-state index is 0.530. The van der Waals surface area contributed by atoms with E-state index < -0.39 is 0 Å². The lowest BCUT2D eigenvalue weighted by Crippen LogP contribution is -2.07. The zero-order valence-corrected chi connectivity index (χ0v) is 9.37. The van der Waals surface area contributed by atoms with Crippen molar-refractivity contribution in [1.29, 1.82) is 0 Å². The number of hydrogen-bond acceptors (Lipinski definition) is 3. The van der Waals surface area contributed by atoms with Crippen molar-refractivity contribution in [2.24, 2.45) is 0 Å². The van der Waals surface area contributed by atoms with E-state index in [2.05, 4.69) is 16.9 Å². The number of allylic oxidation sites excluding steroid dienone is 2. The molecule has 1 N–H and O–H groups in total. The van der Waals surface area contributed by atoms with Gasteiger partial charge in [-0.2, -0.15) is 0 Å². The van der Waals surface area contributed by atoms with Crippen molar-refractivity contribution in [3.8, 4) is 0 Å². The number of ether oxygens (including phenoxy) is 1. The van der Waals surface area contributed by atoms with Crippen molar-refractivity contribution >= 4 is 5.57 Å². The second-order valence-corrected chi connectivity index (χ2v) is 3.17. The molecule has 1 aromatic rings. The minimum atomic E-state index is 0.530. The van der Waals surface area contributed by atoms with Crippen LogP contribution in [0, 0.1) is 0 Å². The third-order valence-electron chi connectivity index (χ3n) is 2.13. The molecule has 0 aliphatic rings. The first-order valence-electron chi connectivity index (χ1n) is 4.78. The Morgan fingerprint density at radius 1 is 1.40 bits per heavy atom. The summed E-state index contributed by atoms with van der Waals surface area (Å²) in [5, 5.41) is 2.83. The molecule has 0 saturated carbocycles. The highest BCUT2D eigenvalue weighted by atomic mass is 16.5. The number of rotatable bonds is 4. The summed E-state index contributed by atoms with van der Waals surface area (Å²) >= 11 is 0. The SMILES string of the molecule is C=C(NC)O/C(C)=C(/C)c1ccccn1. The van der Waals surface area contributed by atoms with Crippen LogP contribution in [-0.4, -0.2) is 12.0 Å². The summed E-state index contributed by atoms with van der Waals surface area (Å²) < 4.78 is 5.45. The highest BCUT2D eigenvalue weighted by Gasteiger charge is 2.03. The number of hydrogen-bond donors (Lipinski definition) is 1. The minimum Gasteiger partial charge on any atom is -0.446 e. The van der Waals surface area contributed by atoms with Crippen LogP contribution in [0.2, 0.25) is 0 Å². The van der Waals surface area contributed by atoms with Crippen molar-refractivity contribution in [2.45, 2.75) is 13.8 Å². The zero-order chi connectivity index (χ0) is 11.3. The molecule has 80 valence electrons. The van der Waals surface area contributed by atoms with Gasteiger partial charge in [0.25, 0.3) is 0 Å². The largest absolute Gasteiger partial charge is 0.446 e. The maximum absolute atomic E-state index is 5.45. The molecule has 0 saturated heterocycles. The molecule has 0 bridgehead atoms. The van der Waals surface area contributed by atoms with Crippen molar-refractivity contribution in [3.63, 3.8) is 0 Å². The molecule has 1 aromatic heterocycles. The van der Waals surface area contributed by atoms with Gasteiger partial charge >= 0.3 is 0 Å². The van der Waals surface area contributed by atoms with Gasteiger partial charge in [0.2, 0.25) is 0 Å². The molecule has 0 aliphatic heterocycles. The summed E-state index contributed by atoms with van der Waals surface area (Å²) in [6.45, 7) is 7.57. The van der Waals surface area contributed by atoms with E-state index in [0.717, 1.165) is 17.0 Å². The topological polar surface area (TPSA) is 34.1 Å². The standard InChI is InChI=1S/C12H16N2O/c1-9(10(2)15-11(3)13-4)12-7-5-6-8-14-12/h5-8,13H,3H2,1-2,4H3/b10-9-. The normalized spacial score (nSPS) is 11.7. The molecule has 1 rings (SSSR count). The van der Waals surface area contributed by atoms with Crippen LogP contribution in [0.3, 0.4) is 0 Å². The Balaban J connectivity index is 2.86. The van der Waals surface area contributed by atoms with Gasteiger partial charge in [-0.15, -0.1) is 0 Å². The lowest BCUT2D eigenvalue weighted by molar-refractivity contribution is 0.287. The first kappa shape index (κ1) is 11.3. The van der Waals surface area contributed by atoms with E-state index in [0.29, 0.717) is 5.88 Å². The van der Waals surface area contributed by atoms with Crippen molar-refractivity contribution in [2.75, 3.05) is 7.05 Å². The third-order valence-corrected chi connectivity index (χ3v) is 2.13. The Kier molecular flexibility index (Phi) is 3.92. The first-order valence-corrected chi connectivity index (χ1v) is 4.78. The van der Waals surface area contributed by atoms with Crippen LogP contribution in [0.5, 0.6) is 0 Å². The molecule has 0 radical (unpaired) electrons. The monoisotopic (exact) mass is 204 g/mol. The maximum Gasteiger partial charge on any atom is 0.185 e. The van der Waals surface area contributed by atoms with Gasteiger partial charge in [0, 0.05) is 18.8 Å². The van der Waals surface area contributed by atoms with Gasteiger partial charge in [0.05, 0.1) is 5.69 Å². The van der Waals surface area contributed by atoms with E-state index in [4.69, 9.17) is 4.74 Å². The number of nitrogens with zero attached hydrogens (tertiary/aromatic N) is 1. The van der Waals surface area contributed by atoms with Crippen LogP contribution in [0.25, 0.3) is 5.57 Å². The quantitative estimate of drug-likeness (QED) is 0.765. The molecule has 0 amide bonds. The molecule has 0 spiro atoms. The molecule has 0 unspecified atom stereocenters. The highest BCUT2D eigenvalue weighted by molar-refractivity contribution is 5.62. The summed E-state index contributed by atoms with van der Waals surface area (Å²) in [5.74, 6) is 1.33. The van der Waals surface area contributed by atoms with E-state index in [1.807, 2.05) is 32.0 Å². The molecule has 0 atom stereocenters. The Morgan fingerprint density at radius 3 is 2.67 bits per heavy atom. The Labute approximate surface area is 90.5 Å². The van der Waals surface area contributed by atoms with Crippen LogP contribution in [-0.2, 0) is 4.74 Å². The van der Waals surface area contributed by atoms with E-state index in [1.54, 1.807) is 13.2 Å². The van der Waals surface area contributed by atoms with Gasteiger partial charge in [0.15, 0.2) is 5.88 Å². The first-order chi connectivity index (χ1) is 7.15. The average molecular weight is 204 g/mol. The molecular weight excluding hydrogens is 188 g/mol. The molecule has 0 aromatic carbocycles. The second-order valence-electron chi connectivity index (χ2n) is 3.17. The summed E-state index contributed by atoms with van der Waals surface area (Å²) in [6, 6.07) is 5.79. The van der Waals surface area contributed by atoms with Gasteiger partial charge in [0.1, 0.15) is 5.76 Å². The molecule has 3 heteroatoms. The fraction of sp³-hybridized carbons (Fsp3) is 0.250. The molecular formula is C12H16N2O. The lowest BCUT2D eigenvalue weighted by atomic mass is 10.2. The smallest absolute Gasteiger partial charge is 0.185 e. The maximum atomic E-state index is 5.45. The Bertz CT molecular complexity index is 368. The van der Waals surface area contributed by atoms with Crippen LogP contribution in [0.1, 0.15) is 19.5 Å². The summed E-state index contributed by atoms with van der Waals surface area (Å²) in [4.78, 5) is 4.24. The molecule has 1 heterocycles. The molecule has 3 nitrogen and oxygen atoms in total. The van der Waals surface area contributed by atoms with Gasteiger partial charge in [-0.05, 0) is 32.6 Å². The molecule has 0 fully saturated rings. The number of pyridine rings is 1. The van der Waals surface area contributed by atoms with Gasteiger partial charge in [-0.3, -0.25) is 4.98 Å². The van der Waals surface area contributed by atoms with Crippen molar-refractivity contribution in [3.05, 3.63) is 48.3 Å². The Hall–Kier alpha value is -1.77. The summed E-state index contributed by atoms with van der Waals surface area (Å²) in [5.41, 5.74) is 1.92. The number of aromatic nitrogens is 1. The van der Waals surface area contributed by atoms with Gasteiger partial charge in [-0.1, -0.05) is 6.07 Å². The van der Waals surface area contributed by atoms with Crippen LogP contribution < -0.4 is 5.32 Å².